The first-order valence-electron chi connectivity index (χ1n) is 6.63. The monoisotopic (exact) mass is 276 g/mol. The third-order valence-corrected chi connectivity index (χ3v) is 3.58. The lowest BCUT2D eigenvalue weighted by Crippen LogP contribution is -2.32. The zero-order chi connectivity index (χ0) is 14.2. The number of anilines is 1. The Hall–Kier alpha value is -1.95. The first-order valence-corrected chi connectivity index (χ1v) is 6.63. The molecule has 3 heterocycles. The normalized spacial score (nSPS) is 22.4. The third-order valence-electron chi connectivity index (χ3n) is 3.58. The van der Waals surface area contributed by atoms with Gasteiger partial charge in [0.25, 0.3) is 0 Å². The maximum Gasteiger partial charge on any atom is 0.155 e. The molecule has 0 aliphatic carbocycles. The highest BCUT2D eigenvalue weighted by Crippen LogP contribution is 2.28. The predicted octanol–water partition coefficient (Wildman–Crippen LogP) is 1.49. The van der Waals surface area contributed by atoms with Crippen molar-refractivity contribution in [3.05, 3.63) is 36.2 Å². The lowest BCUT2D eigenvalue weighted by Gasteiger charge is -2.20. The minimum atomic E-state index is -1.51. The van der Waals surface area contributed by atoms with E-state index in [1.165, 1.54) is 0 Å². The largest absolute Gasteiger partial charge is 0.393 e. The molecular formula is C14H17FN4O. The first-order chi connectivity index (χ1) is 9.59. The molecule has 3 rings (SSSR count). The second-order valence-corrected chi connectivity index (χ2v) is 5.30. The highest BCUT2D eigenvalue weighted by molar-refractivity contribution is 5.44. The van der Waals surface area contributed by atoms with Gasteiger partial charge in [0.1, 0.15) is 5.82 Å². The molecule has 0 aromatic carbocycles. The summed E-state index contributed by atoms with van der Waals surface area (Å²) in [6, 6.07) is 5.59. The predicted molar refractivity (Wildman–Crippen MR) is 73.9 cm³/mol. The summed E-state index contributed by atoms with van der Waals surface area (Å²) >= 11 is 0. The van der Waals surface area contributed by atoms with E-state index in [4.69, 9.17) is 5.11 Å². The molecule has 0 spiro atoms. The van der Waals surface area contributed by atoms with Crippen LogP contribution < -0.4 is 4.90 Å². The van der Waals surface area contributed by atoms with E-state index in [9.17, 15) is 4.39 Å². The van der Waals surface area contributed by atoms with Gasteiger partial charge in [-0.1, -0.05) is 6.07 Å². The molecule has 6 heteroatoms. The number of aliphatic hydroxyl groups excluding tert-OH is 1. The van der Waals surface area contributed by atoms with Crippen LogP contribution in [0.2, 0.25) is 0 Å². The van der Waals surface area contributed by atoms with Crippen LogP contribution >= 0.6 is 0 Å². The highest BCUT2D eigenvalue weighted by Gasteiger charge is 2.38. The number of aliphatic hydroxyl groups is 1. The summed E-state index contributed by atoms with van der Waals surface area (Å²) in [6.45, 7) is 2.26. The number of hydrogen-bond acceptors (Lipinski definition) is 4. The van der Waals surface area contributed by atoms with Crippen LogP contribution in [0.15, 0.2) is 30.6 Å². The van der Waals surface area contributed by atoms with Crippen LogP contribution in [-0.4, -0.2) is 45.2 Å². The van der Waals surface area contributed by atoms with E-state index < -0.39 is 12.3 Å². The fourth-order valence-corrected chi connectivity index (χ4v) is 2.41. The quantitative estimate of drug-likeness (QED) is 0.922. The van der Waals surface area contributed by atoms with E-state index in [-0.39, 0.29) is 6.54 Å². The summed E-state index contributed by atoms with van der Waals surface area (Å²) in [6.07, 6.45) is 3.99. The van der Waals surface area contributed by atoms with Gasteiger partial charge < -0.3 is 10.0 Å². The van der Waals surface area contributed by atoms with Crippen molar-refractivity contribution in [1.29, 1.82) is 0 Å². The Balaban J connectivity index is 1.85. The zero-order valence-corrected chi connectivity index (χ0v) is 11.3. The maximum absolute atomic E-state index is 14.1. The number of nitrogens with zero attached hydrogens (tertiary/aromatic N) is 4. The van der Waals surface area contributed by atoms with Gasteiger partial charge in [0.2, 0.25) is 0 Å². The summed E-state index contributed by atoms with van der Waals surface area (Å²) in [5.41, 5.74) is -0.457. The maximum atomic E-state index is 14.1. The van der Waals surface area contributed by atoms with E-state index in [1.54, 1.807) is 10.9 Å². The number of rotatable bonds is 3. The summed E-state index contributed by atoms with van der Waals surface area (Å²) in [4.78, 5) is 6.37. The van der Waals surface area contributed by atoms with Gasteiger partial charge in [0.15, 0.2) is 11.5 Å². The highest BCUT2D eigenvalue weighted by atomic mass is 19.1. The van der Waals surface area contributed by atoms with E-state index in [0.29, 0.717) is 24.6 Å². The molecule has 0 amide bonds. The van der Waals surface area contributed by atoms with Gasteiger partial charge in [-0.05, 0) is 24.6 Å². The minimum Gasteiger partial charge on any atom is -0.393 e. The number of halogens is 1. The van der Waals surface area contributed by atoms with Gasteiger partial charge in [-0.2, -0.15) is 5.10 Å². The van der Waals surface area contributed by atoms with Crippen LogP contribution in [0.25, 0.3) is 5.82 Å². The number of alkyl halides is 1. The smallest absolute Gasteiger partial charge is 0.155 e. The molecule has 1 aliphatic rings. The number of hydrogen-bond donors (Lipinski definition) is 1. The second-order valence-electron chi connectivity index (χ2n) is 5.30. The third kappa shape index (κ3) is 2.38. The van der Waals surface area contributed by atoms with Crippen molar-refractivity contribution < 1.29 is 9.50 Å². The zero-order valence-electron chi connectivity index (χ0n) is 11.3. The van der Waals surface area contributed by atoms with Crippen molar-refractivity contribution in [2.24, 2.45) is 0 Å². The van der Waals surface area contributed by atoms with Crippen molar-refractivity contribution in [3.8, 4) is 5.82 Å². The van der Waals surface area contributed by atoms with Crippen molar-refractivity contribution in [1.82, 2.24) is 14.8 Å². The lowest BCUT2D eigenvalue weighted by molar-refractivity contribution is 0.0909. The molecule has 2 aromatic rings. The van der Waals surface area contributed by atoms with E-state index >= 15 is 0 Å². The molecule has 1 saturated heterocycles. The number of pyridine rings is 1. The Labute approximate surface area is 116 Å². The fraction of sp³-hybridized carbons (Fsp3) is 0.429. The number of aryl methyl sites for hydroxylation is 1. The van der Waals surface area contributed by atoms with Crippen LogP contribution in [0.5, 0.6) is 0 Å². The Kier molecular flexibility index (Phi) is 3.17. The average Bonchev–Trinajstić information content (AvgIpc) is 3.06. The van der Waals surface area contributed by atoms with E-state index in [0.717, 1.165) is 5.56 Å². The Bertz CT molecular complexity index is 615. The molecule has 2 aromatic heterocycles. The molecule has 20 heavy (non-hydrogen) atoms. The average molecular weight is 276 g/mol. The Morgan fingerprint density at radius 3 is 2.85 bits per heavy atom. The van der Waals surface area contributed by atoms with Gasteiger partial charge in [0.05, 0.1) is 19.3 Å². The van der Waals surface area contributed by atoms with Crippen LogP contribution in [0, 0.1) is 6.92 Å². The van der Waals surface area contributed by atoms with Gasteiger partial charge in [-0.3, -0.25) is 0 Å². The van der Waals surface area contributed by atoms with Crippen LogP contribution in [0.1, 0.15) is 12.0 Å². The molecule has 1 atom stereocenters. The van der Waals surface area contributed by atoms with Crippen molar-refractivity contribution in [2.45, 2.75) is 19.0 Å². The molecule has 1 aliphatic heterocycles. The topological polar surface area (TPSA) is 54.2 Å². The van der Waals surface area contributed by atoms with E-state index in [1.807, 2.05) is 36.2 Å². The minimum absolute atomic E-state index is 0.179. The molecule has 1 N–H and O–H groups in total. The van der Waals surface area contributed by atoms with Crippen LogP contribution in [-0.2, 0) is 0 Å². The molecule has 1 fully saturated rings. The van der Waals surface area contributed by atoms with Crippen LogP contribution in [0.3, 0.4) is 0 Å². The fourth-order valence-electron chi connectivity index (χ4n) is 2.41. The number of aromatic nitrogens is 3. The summed E-state index contributed by atoms with van der Waals surface area (Å²) in [5, 5.41) is 13.3. The summed E-state index contributed by atoms with van der Waals surface area (Å²) in [5.74, 6) is 1.42. The van der Waals surface area contributed by atoms with Gasteiger partial charge in [-0.25, -0.2) is 14.1 Å². The van der Waals surface area contributed by atoms with Crippen molar-refractivity contribution >= 4 is 5.82 Å². The van der Waals surface area contributed by atoms with E-state index in [2.05, 4.69) is 10.1 Å². The van der Waals surface area contributed by atoms with Crippen molar-refractivity contribution in [2.75, 3.05) is 24.6 Å². The molecular weight excluding hydrogens is 259 g/mol. The Morgan fingerprint density at radius 1 is 1.40 bits per heavy atom. The molecule has 0 radical (unpaired) electrons. The molecule has 0 saturated carbocycles. The molecule has 106 valence electrons. The molecule has 1 unspecified atom stereocenters. The second kappa shape index (κ2) is 4.86. The van der Waals surface area contributed by atoms with Gasteiger partial charge in [-0.15, -0.1) is 0 Å². The lowest BCUT2D eigenvalue weighted by atomic mass is 10.1. The summed E-state index contributed by atoms with van der Waals surface area (Å²) in [7, 11) is 0. The SMILES string of the molecule is Cc1cnn(-c2cccc(N3CCC(F)(CO)C3)n2)c1. The van der Waals surface area contributed by atoms with Crippen molar-refractivity contribution in [3.63, 3.8) is 0 Å². The van der Waals surface area contributed by atoms with Crippen LogP contribution in [0.4, 0.5) is 10.2 Å². The Morgan fingerprint density at radius 2 is 2.20 bits per heavy atom. The molecule has 0 bridgehead atoms. The standard InChI is InChI=1S/C14H17FN4O/c1-11-7-16-19(8-11)13-4-2-3-12(17-13)18-6-5-14(15,9-18)10-20/h2-4,7-8,20H,5-6,9-10H2,1H3. The van der Waals surface area contributed by atoms with Gasteiger partial charge >= 0.3 is 0 Å². The first kappa shape index (κ1) is 13.1. The molecule has 5 nitrogen and oxygen atoms in total. The summed E-state index contributed by atoms with van der Waals surface area (Å²) < 4.78 is 15.8. The van der Waals surface area contributed by atoms with Gasteiger partial charge in [0, 0.05) is 19.2 Å².